The molecule has 146 valence electrons. The van der Waals surface area contributed by atoms with Gasteiger partial charge in [0.15, 0.2) is 0 Å². The highest BCUT2D eigenvalue weighted by molar-refractivity contribution is 7.18. The van der Waals surface area contributed by atoms with Gasteiger partial charge in [0.05, 0.1) is 16.7 Å². The second kappa shape index (κ2) is 8.80. The predicted molar refractivity (Wildman–Crippen MR) is 118 cm³/mol. The summed E-state index contributed by atoms with van der Waals surface area (Å²) in [5.41, 5.74) is 2.46. The normalized spacial score (nSPS) is 10.7. The number of hydrogen-bond donors (Lipinski definition) is 2. The van der Waals surface area contributed by atoms with E-state index in [0.29, 0.717) is 26.7 Å². The topological polar surface area (TPSA) is 67.3 Å². The summed E-state index contributed by atoms with van der Waals surface area (Å²) in [7, 11) is 0. The standard InChI is InChI=1S/C21H15Cl2N3O2S/c22-18-8-7-15(11-19(18)23)24-21-26-25-20(29-21)14-4-2-6-17(10-14)28-16-5-1-3-13(9-16)12-27/h1-11,27H,12H2,(H,24,26). The number of nitrogens with one attached hydrogen (secondary N) is 1. The molecule has 29 heavy (non-hydrogen) atoms. The van der Waals surface area contributed by atoms with Crippen molar-refractivity contribution in [3.05, 3.63) is 82.3 Å². The first-order chi connectivity index (χ1) is 14.1. The highest BCUT2D eigenvalue weighted by Crippen LogP contribution is 2.33. The summed E-state index contributed by atoms with van der Waals surface area (Å²) >= 11 is 13.4. The molecule has 2 N–H and O–H groups in total. The fourth-order valence-corrected chi connectivity index (χ4v) is 3.68. The fraction of sp³-hybridized carbons (Fsp3) is 0.0476. The number of aromatic nitrogens is 2. The van der Waals surface area contributed by atoms with Crippen molar-refractivity contribution < 1.29 is 9.84 Å². The van der Waals surface area contributed by atoms with E-state index in [1.54, 1.807) is 18.2 Å². The van der Waals surface area contributed by atoms with Gasteiger partial charge in [-0.1, -0.05) is 58.8 Å². The zero-order chi connectivity index (χ0) is 20.2. The Kier molecular flexibility index (Phi) is 5.97. The maximum absolute atomic E-state index is 9.27. The first-order valence-corrected chi connectivity index (χ1v) is 10.2. The van der Waals surface area contributed by atoms with Crippen LogP contribution >= 0.6 is 34.5 Å². The first-order valence-electron chi connectivity index (χ1n) is 8.64. The molecular formula is C21H15Cl2N3O2S. The summed E-state index contributed by atoms with van der Waals surface area (Å²) in [6, 6.07) is 20.2. The average molecular weight is 444 g/mol. The summed E-state index contributed by atoms with van der Waals surface area (Å²) in [5.74, 6) is 1.33. The minimum absolute atomic E-state index is 0.0311. The maximum atomic E-state index is 9.27. The zero-order valence-electron chi connectivity index (χ0n) is 15.0. The SMILES string of the molecule is OCc1cccc(Oc2cccc(-c3nnc(Nc4ccc(Cl)c(Cl)c4)s3)c2)c1. The zero-order valence-corrected chi connectivity index (χ0v) is 17.3. The maximum Gasteiger partial charge on any atom is 0.210 e. The van der Waals surface area contributed by atoms with Crippen LogP contribution in [-0.2, 0) is 6.61 Å². The molecule has 0 spiro atoms. The van der Waals surface area contributed by atoms with E-state index < -0.39 is 0 Å². The molecule has 4 rings (SSSR count). The summed E-state index contributed by atoms with van der Waals surface area (Å²) in [6.07, 6.45) is 0. The Morgan fingerprint density at radius 2 is 1.69 bits per heavy atom. The number of benzene rings is 3. The molecule has 1 aromatic heterocycles. The summed E-state index contributed by atoms with van der Waals surface area (Å²) in [6.45, 7) is -0.0311. The van der Waals surface area contributed by atoms with Crippen molar-refractivity contribution in [1.82, 2.24) is 10.2 Å². The van der Waals surface area contributed by atoms with Gasteiger partial charge in [-0.25, -0.2) is 0 Å². The molecule has 0 aliphatic heterocycles. The Bertz CT molecular complexity index is 1150. The Morgan fingerprint density at radius 1 is 0.897 bits per heavy atom. The van der Waals surface area contributed by atoms with Gasteiger partial charge < -0.3 is 15.2 Å². The molecule has 0 saturated heterocycles. The van der Waals surface area contributed by atoms with Gasteiger partial charge >= 0.3 is 0 Å². The van der Waals surface area contributed by atoms with Crippen LogP contribution in [0.5, 0.6) is 11.5 Å². The first kappa shape index (κ1) is 19.7. The fourth-order valence-electron chi connectivity index (χ4n) is 2.62. The molecule has 0 fully saturated rings. The van der Waals surface area contributed by atoms with E-state index >= 15 is 0 Å². The van der Waals surface area contributed by atoms with Gasteiger partial charge in [-0.05, 0) is 48.0 Å². The minimum atomic E-state index is -0.0311. The lowest BCUT2D eigenvalue weighted by atomic mass is 10.2. The van der Waals surface area contributed by atoms with Crippen LogP contribution < -0.4 is 10.1 Å². The Labute approximate surface area is 181 Å². The Morgan fingerprint density at radius 3 is 2.48 bits per heavy atom. The molecule has 0 aliphatic rings. The minimum Gasteiger partial charge on any atom is -0.457 e. The van der Waals surface area contributed by atoms with E-state index in [2.05, 4.69) is 15.5 Å². The molecule has 4 aromatic rings. The third kappa shape index (κ3) is 4.86. The smallest absolute Gasteiger partial charge is 0.210 e. The van der Waals surface area contributed by atoms with Gasteiger partial charge in [-0.15, -0.1) is 10.2 Å². The molecular weight excluding hydrogens is 429 g/mol. The van der Waals surface area contributed by atoms with Gasteiger partial charge in [0.25, 0.3) is 0 Å². The molecule has 0 bridgehead atoms. The molecule has 0 saturated carbocycles. The third-order valence-electron chi connectivity index (χ3n) is 3.99. The molecule has 0 radical (unpaired) electrons. The van der Waals surface area contributed by atoms with E-state index in [4.69, 9.17) is 27.9 Å². The van der Waals surface area contributed by atoms with Crippen LogP contribution in [0, 0.1) is 0 Å². The lowest BCUT2D eigenvalue weighted by Crippen LogP contribution is -1.89. The van der Waals surface area contributed by atoms with Crippen molar-refractivity contribution in [3.63, 3.8) is 0 Å². The van der Waals surface area contributed by atoms with Crippen molar-refractivity contribution in [1.29, 1.82) is 0 Å². The molecule has 0 aliphatic carbocycles. The average Bonchev–Trinajstić information content (AvgIpc) is 3.20. The molecule has 0 unspecified atom stereocenters. The van der Waals surface area contributed by atoms with Crippen molar-refractivity contribution in [2.75, 3.05) is 5.32 Å². The number of nitrogens with zero attached hydrogens (tertiary/aromatic N) is 2. The highest BCUT2D eigenvalue weighted by atomic mass is 35.5. The number of aliphatic hydroxyl groups is 1. The number of anilines is 2. The van der Waals surface area contributed by atoms with Crippen LogP contribution in [0.25, 0.3) is 10.6 Å². The number of hydrogen-bond acceptors (Lipinski definition) is 6. The third-order valence-corrected chi connectivity index (χ3v) is 5.62. The molecule has 3 aromatic carbocycles. The van der Waals surface area contributed by atoms with Crippen LogP contribution in [0.3, 0.4) is 0 Å². The molecule has 5 nitrogen and oxygen atoms in total. The Balaban J connectivity index is 1.51. The summed E-state index contributed by atoms with van der Waals surface area (Å²) < 4.78 is 5.91. The van der Waals surface area contributed by atoms with Crippen LogP contribution in [0.1, 0.15) is 5.56 Å². The second-order valence-electron chi connectivity index (χ2n) is 6.10. The molecule has 8 heteroatoms. The van der Waals surface area contributed by atoms with Crippen LogP contribution in [0.15, 0.2) is 66.7 Å². The van der Waals surface area contributed by atoms with E-state index in [-0.39, 0.29) is 6.61 Å². The van der Waals surface area contributed by atoms with E-state index in [9.17, 15) is 5.11 Å². The van der Waals surface area contributed by atoms with Crippen LogP contribution in [0.4, 0.5) is 10.8 Å². The number of halogens is 2. The van der Waals surface area contributed by atoms with Gasteiger partial charge in [0.2, 0.25) is 5.13 Å². The van der Waals surface area contributed by atoms with Crippen molar-refractivity contribution in [2.45, 2.75) is 6.61 Å². The molecule has 0 atom stereocenters. The summed E-state index contributed by atoms with van der Waals surface area (Å²) in [4.78, 5) is 0. The van der Waals surface area contributed by atoms with Gasteiger partial charge in [0.1, 0.15) is 16.5 Å². The van der Waals surface area contributed by atoms with E-state index in [0.717, 1.165) is 21.8 Å². The monoisotopic (exact) mass is 443 g/mol. The second-order valence-corrected chi connectivity index (χ2v) is 7.89. The Hall–Kier alpha value is -2.64. The number of rotatable bonds is 6. The van der Waals surface area contributed by atoms with E-state index in [1.807, 2.05) is 48.5 Å². The van der Waals surface area contributed by atoms with Crippen molar-refractivity contribution in [3.8, 4) is 22.1 Å². The van der Waals surface area contributed by atoms with Gasteiger partial charge in [-0.2, -0.15) is 0 Å². The molecule has 1 heterocycles. The van der Waals surface area contributed by atoms with Crippen LogP contribution in [0.2, 0.25) is 10.0 Å². The van der Waals surface area contributed by atoms with Gasteiger partial charge in [0, 0.05) is 11.3 Å². The largest absolute Gasteiger partial charge is 0.457 e. The predicted octanol–water partition coefficient (Wildman–Crippen LogP) is 6.54. The van der Waals surface area contributed by atoms with E-state index in [1.165, 1.54) is 11.3 Å². The lowest BCUT2D eigenvalue weighted by molar-refractivity contribution is 0.281. The quantitative estimate of drug-likeness (QED) is 0.354. The van der Waals surface area contributed by atoms with Crippen molar-refractivity contribution >= 4 is 45.4 Å². The number of ether oxygens (including phenoxy) is 1. The summed E-state index contributed by atoms with van der Waals surface area (Å²) in [5, 5.41) is 23.2. The molecule has 0 amide bonds. The number of aliphatic hydroxyl groups excluding tert-OH is 1. The highest BCUT2D eigenvalue weighted by Gasteiger charge is 2.09. The lowest BCUT2D eigenvalue weighted by Gasteiger charge is -2.07. The van der Waals surface area contributed by atoms with Crippen molar-refractivity contribution in [2.24, 2.45) is 0 Å². The van der Waals surface area contributed by atoms with Crippen LogP contribution in [-0.4, -0.2) is 15.3 Å². The van der Waals surface area contributed by atoms with Gasteiger partial charge in [-0.3, -0.25) is 0 Å².